The maximum Gasteiger partial charge on any atom is 0.409 e. The number of benzene rings is 1. The minimum absolute atomic E-state index is 0.118. The Morgan fingerprint density at radius 2 is 1.95 bits per heavy atom. The van der Waals surface area contributed by atoms with Crippen LogP contribution in [-0.2, 0) is 11.2 Å². The van der Waals surface area contributed by atoms with E-state index in [2.05, 4.69) is 15.2 Å². The van der Waals surface area contributed by atoms with Gasteiger partial charge in [0.2, 0.25) is 0 Å². The molecule has 5 N–H and O–H groups in total. The number of anilines is 2. The van der Waals surface area contributed by atoms with E-state index < -0.39 is 5.69 Å². The molecular weight excluding hydrogens is 490 g/mol. The van der Waals surface area contributed by atoms with E-state index in [1.807, 2.05) is 0 Å². The van der Waals surface area contributed by atoms with Crippen LogP contribution in [0.25, 0.3) is 5.69 Å². The van der Waals surface area contributed by atoms with Crippen LogP contribution >= 0.6 is 0 Å². The van der Waals surface area contributed by atoms with Crippen molar-refractivity contribution in [3.8, 4) is 11.4 Å². The number of hydrogen-bond acceptors (Lipinski definition) is 9. The summed E-state index contributed by atoms with van der Waals surface area (Å²) in [7, 11) is 1.42. The van der Waals surface area contributed by atoms with Crippen LogP contribution in [0.15, 0.2) is 23.1 Å². The normalized spacial score (nSPS) is 24.4. The van der Waals surface area contributed by atoms with Gasteiger partial charge in [0.25, 0.3) is 5.91 Å². The topological polar surface area (TPSA) is 158 Å². The molecule has 12 heteroatoms. The number of hydrogen-bond donors (Lipinski definition) is 3. The minimum atomic E-state index is -0.562. The quantitative estimate of drug-likeness (QED) is 0.474. The fourth-order valence-corrected chi connectivity index (χ4v) is 6.49. The van der Waals surface area contributed by atoms with Crippen molar-refractivity contribution < 1.29 is 19.1 Å². The first-order chi connectivity index (χ1) is 18.4. The van der Waals surface area contributed by atoms with Gasteiger partial charge in [-0.25, -0.2) is 9.59 Å². The number of aromatic nitrogens is 2. The van der Waals surface area contributed by atoms with Crippen LogP contribution in [0.1, 0.15) is 28.8 Å². The molecule has 1 saturated carbocycles. The van der Waals surface area contributed by atoms with Crippen molar-refractivity contribution in [3.63, 3.8) is 0 Å². The van der Waals surface area contributed by atoms with Gasteiger partial charge < -0.3 is 31.2 Å². The number of nitrogens with zero attached hydrogens (tertiary/aromatic N) is 4. The fraction of sp³-hybridized carbons (Fsp3) is 0.538. The molecule has 4 heterocycles. The zero-order valence-corrected chi connectivity index (χ0v) is 21.4. The third-order valence-electron chi connectivity index (χ3n) is 8.64. The summed E-state index contributed by atoms with van der Waals surface area (Å²) < 4.78 is 11.9. The van der Waals surface area contributed by atoms with Crippen LogP contribution < -0.4 is 27.2 Å². The highest BCUT2D eigenvalue weighted by atomic mass is 16.5. The summed E-state index contributed by atoms with van der Waals surface area (Å²) in [5, 5.41) is 3.10. The number of rotatable bonds is 5. The summed E-state index contributed by atoms with van der Waals surface area (Å²) in [6.45, 7) is 4.56. The number of likely N-dealkylation sites (tertiary alicyclic amines) is 2. The van der Waals surface area contributed by atoms with E-state index in [-0.39, 0.29) is 17.8 Å². The summed E-state index contributed by atoms with van der Waals surface area (Å²) in [6, 6.07) is 3.62. The molecular formula is C26H33N7O5. The Morgan fingerprint density at radius 3 is 2.63 bits per heavy atom. The number of nitrogen functional groups attached to an aromatic ring is 2. The van der Waals surface area contributed by atoms with Crippen LogP contribution in [0.3, 0.4) is 0 Å². The Morgan fingerprint density at radius 1 is 1.21 bits per heavy atom. The molecule has 0 radical (unpaired) electrons. The summed E-state index contributed by atoms with van der Waals surface area (Å²) in [6.07, 6.45) is 3.76. The molecule has 1 aromatic carbocycles. The maximum atomic E-state index is 13.3. The predicted molar refractivity (Wildman–Crippen MR) is 139 cm³/mol. The SMILES string of the molecule is COC(=O)N1CCC(N2CC3C(CNC(=O)c4cc(-n5ccc(N)nc5=O)c(N)c5c4OCC5)C3C2)CC1. The first kappa shape index (κ1) is 24.5. The van der Waals surface area contributed by atoms with Crippen LogP contribution in [-0.4, -0.2) is 83.8 Å². The van der Waals surface area contributed by atoms with E-state index in [1.165, 1.54) is 23.9 Å². The van der Waals surface area contributed by atoms with Crippen molar-refractivity contribution in [2.24, 2.45) is 17.8 Å². The average Bonchev–Trinajstić information content (AvgIpc) is 3.27. The molecule has 6 rings (SSSR count). The van der Waals surface area contributed by atoms with Crippen molar-refractivity contribution in [2.75, 3.05) is 57.9 Å². The molecule has 38 heavy (non-hydrogen) atoms. The van der Waals surface area contributed by atoms with Gasteiger partial charge in [-0.15, -0.1) is 0 Å². The van der Waals surface area contributed by atoms with E-state index in [0.29, 0.717) is 66.1 Å². The number of nitrogens with two attached hydrogens (primary N) is 2. The van der Waals surface area contributed by atoms with Crippen molar-refractivity contribution in [1.82, 2.24) is 24.7 Å². The predicted octanol–water partition coefficient (Wildman–Crippen LogP) is 0.470. The first-order valence-electron chi connectivity index (χ1n) is 13.1. The lowest BCUT2D eigenvalue weighted by Gasteiger charge is -2.37. The molecule has 12 nitrogen and oxygen atoms in total. The molecule has 1 aliphatic carbocycles. The maximum absolute atomic E-state index is 13.3. The molecule has 0 spiro atoms. The Labute approximate surface area is 219 Å². The number of amides is 2. The summed E-state index contributed by atoms with van der Waals surface area (Å²) in [5.41, 5.74) is 13.4. The zero-order chi connectivity index (χ0) is 26.6. The lowest BCUT2D eigenvalue weighted by Crippen LogP contribution is -2.47. The second-order valence-electron chi connectivity index (χ2n) is 10.6. The third-order valence-corrected chi connectivity index (χ3v) is 8.64. The van der Waals surface area contributed by atoms with Gasteiger partial charge >= 0.3 is 11.8 Å². The first-order valence-corrected chi connectivity index (χ1v) is 13.1. The molecule has 2 unspecified atom stereocenters. The summed E-state index contributed by atoms with van der Waals surface area (Å²) in [5.74, 6) is 1.98. The number of piperidine rings is 2. The van der Waals surface area contributed by atoms with Gasteiger partial charge in [0.15, 0.2) is 0 Å². The number of carbonyl (C=O) groups excluding carboxylic acids is 2. The van der Waals surface area contributed by atoms with Gasteiger partial charge in [-0.1, -0.05) is 0 Å². The third kappa shape index (κ3) is 4.22. The number of methoxy groups -OCH3 is 1. The van der Waals surface area contributed by atoms with Crippen molar-refractivity contribution in [1.29, 1.82) is 0 Å². The lowest BCUT2D eigenvalue weighted by molar-refractivity contribution is 0.0854. The molecule has 2 atom stereocenters. The number of carbonyl (C=O) groups is 2. The Balaban J connectivity index is 1.09. The zero-order valence-electron chi connectivity index (χ0n) is 21.4. The summed E-state index contributed by atoms with van der Waals surface area (Å²) >= 11 is 0. The van der Waals surface area contributed by atoms with Gasteiger partial charge in [0.05, 0.1) is 30.7 Å². The lowest BCUT2D eigenvalue weighted by atomic mass is 10.0. The van der Waals surface area contributed by atoms with Crippen LogP contribution in [0.2, 0.25) is 0 Å². The second-order valence-corrected chi connectivity index (χ2v) is 10.6. The van der Waals surface area contributed by atoms with Gasteiger partial charge in [-0.05, 0) is 42.7 Å². The molecule has 3 aliphatic heterocycles. The highest BCUT2D eigenvalue weighted by molar-refractivity contribution is 5.99. The molecule has 4 aliphatic rings. The summed E-state index contributed by atoms with van der Waals surface area (Å²) in [4.78, 5) is 45.6. The van der Waals surface area contributed by atoms with Crippen LogP contribution in [0.4, 0.5) is 16.3 Å². The smallest absolute Gasteiger partial charge is 0.409 e. The number of ether oxygens (including phenoxy) is 2. The molecule has 2 amide bonds. The highest BCUT2D eigenvalue weighted by Crippen LogP contribution is 2.52. The van der Waals surface area contributed by atoms with Gasteiger partial charge in [-0.2, -0.15) is 4.98 Å². The average molecular weight is 524 g/mol. The number of fused-ring (bicyclic) bond motifs is 2. The molecule has 1 aromatic heterocycles. The second kappa shape index (κ2) is 9.50. The van der Waals surface area contributed by atoms with Crippen LogP contribution in [0.5, 0.6) is 5.75 Å². The van der Waals surface area contributed by atoms with Crippen LogP contribution in [0, 0.1) is 17.8 Å². The van der Waals surface area contributed by atoms with Gasteiger partial charge in [0, 0.05) is 56.9 Å². The molecule has 3 fully saturated rings. The van der Waals surface area contributed by atoms with E-state index in [1.54, 1.807) is 11.0 Å². The van der Waals surface area contributed by atoms with Crippen molar-refractivity contribution in [3.05, 3.63) is 39.9 Å². The Hall–Kier alpha value is -3.80. The molecule has 202 valence electrons. The van der Waals surface area contributed by atoms with Crippen molar-refractivity contribution >= 4 is 23.5 Å². The molecule has 2 saturated heterocycles. The minimum Gasteiger partial charge on any atom is -0.492 e. The Bertz CT molecular complexity index is 1320. The number of nitrogens with one attached hydrogen (secondary N) is 1. The molecule has 2 aromatic rings. The highest BCUT2D eigenvalue weighted by Gasteiger charge is 2.56. The van der Waals surface area contributed by atoms with E-state index in [0.717, 1.165) is 44.6 Å². The van der Waals surface area contributed by atoms with Gasteiger partial charge in [-0.3, -0.25) is 14.3 Å². The molecule has 0 bridgehead atoms. The van der Waals surface area contributed by atoms with Gasteiger partial charge in [0.1, 0.15) is 11.6 Å². The van der Waals surface area contributed by atoms with E-state index in [4.69, 9.17) is 20.9 Å². The standard InChI is InChI=1S/C26H33N7O5/c1-37-26(36)31-6-2-14(3-7-31)32-12-18-17(19(18)13-32)11-29-24(34)16-10-20(22(28)15-5-9-38-23(15)16)33-8-4-21(27)30-25(33)35/h4,8,10,14,17-19H,2-3,5-7,9,11-13,28H2,1H3,(H,29,34)(H2,27,30,35). The fourth-order valence-electron chi connectivity index (χ4n) is 6.49. The van der Waals surface area contributed by atoms with Crippen molar-refractivity contribution in [2.45, 2.75) is 25.3 Å². The monoisotopic (exact) mass is 523 g/mol. The largest absolute Gasteiger partial charge is 0.492 e. The van der Waals surface area contributed by atoms with E-state index in [9.17, 15) is 14.4 Å². The Kier molecular flexibility index (Phi) is 6.13. The van der Waals surface area contributed by atoms with E-state index >= 15 is 0 Å².